The number of alkyl halides is 1. The Morgan fingerprint density at radius 1 is 0.950 bits per heavy atom. The minimum absolute atomic E-state index is 0. The van der Waals surface area contributed by atoms with Crippen molar-refractivity contribution in [3.63, 3.8) is 0 Å². The first-order valence-corrected chi connectivity index (χ1v) is 8.33. The van der Waals surface area contributed by atoms with E-state index in [0.717, 1.165) is 25.0 Å². The second-order valence-electron chi connectivity index (χ2n) is 3.32. The maximum atomic E-state index is 11.9. The van der Waals surface area contributed by atoms with Crippen molar-refractivity contribution >= 4 is 26.6 Å². The van der Waals surface area contributed by atoms with E-state index in [1.165, 1.54) is 12.4 Å². The van der Waals surface area contributed by atoms with E-state index in [1.54, 1.807) is 0 Å². The van der Waals surface area contributed by atoms with Crippen LogP contribution in [0.25, 0.3) is 0 Å². The summed E-state index contributed by atoms with van der Waals surface area (Å²) < 4.78 is 25.2. The van der Waals surface area contributed by atoms with Crippen molar-refractivity contribution in [3.05, 3.63) is 37.4 Å². The number of halogens is 1. The number of aromatic nitrogens is 4. The van der Waals surface area contributed by atoms with Gasteiger partial charge < -0.3 is 18.9 Å². The quantitative estimate of drug-likeness (QED) is 0.307. The van der Waals surface area contributed by atoms with Crippen LogP contribution in [0.15, 0.2) is 37.4 Å². The van der Waals surface area contributed by atoms with Gasteiger partial charge in [-0.15, -0.1) is 11.6 Å². The van der Waals surface area contributed by atoms with Crippen molar-refractivity contribution < 1.29 is 78.0 Å². The fourth-order valence-electron chi connectivity index (χ4n) is 1.24. The molecule has 0 radical (unpaired) electrons. The van der Waals surface area contributed by atoms with E-state index in [0.29, 0.717) is 8.68 Å². The molecule has 0 aromatic carbocycles. The molecule has 8 nitrogen and oxygen atoms in total. The Bertz CT molecular complexity index is 569. The predicted molar refractivity (Wildman–Crippen MR) is 60.1 cm³/mol. The van der Waals surface area contributed by atoms with Crippen LogP contribution in [0.1, 0.15) is 0 Å². The molecule has 0 aliphatic carbocycles. The molecule has 2 rings (SSSR count). The molecule has 2 unspecified atom stereocenters. The number of imidazole rings is 2. The van der Waals surface area contributed by atoms with E-state index in [4.69, 9.17) is 11.6 Å². The maximum Gasteiger partial charge on any atom is 1.00 e. The number of hydrogen-bond donors (Lipinski definition) is 0. The summed E-state index contributed by atoms with van der Waals surface area (Å²) in [5, 5.41) is 0. The molecule has 0 amide bonds. The number of nitrogens with zero attached hydrogens (tertiary/aromatic N) is 4. The third-order valence-corrected chi connectivity index (χ3v) is 8.23. The Balaban J connectivity index is 0.00000180. The van der Waals surface area contributed by atoms with Gasteiger partial charge in [0.05, 0.1) is 12.7 Å². The van der Waals surface area contributed by atoms with Gasteiger partial charge in [0, 0.05) is 24.8 Å². The van der Waals surface area contributed by atoms with Gasteiger partial charge in [0.25, 0.3) is 0 Å². The fraction of sp³-hybridized carbons (Fsp3) is 0.143. The van der Waals surface area contributed by atoms with Crippen molar-refractivity contribution in [3.8, 4) is 0 Å². The van der Waals surface area contributed by atoms with Gasteiger partial charge in [0.2, 0.25) is 0 Å². The van der Waals surface area contributed by atoms with Crippen molar-refractivity contribution in [1.29, 1.82) is 0 Å². The molecule has 20 heavy (non-hydrogen) atoms. The number of rotatable bonds is 4. The second kappa shape index (κ2) is 8.09. The van der Waals surface area contributed by atoms with E-state index in [-0.39, 0.29) is 59.1 Å². The molecular weight excluding hydrogens is 347 g/mol. The van der Waals surface area contributed by atoms with Crippen LogP contribution in [-0.2, 0) is 9.13 Å². The van der Waals surface area contributed by atoms with E-state index in [9.17, 15) is 18.9 Å². The molecule has 0 saturated carbocycles. The zero-order valence-corrected chi connectivity index (χ0v) is 17.3. The van der Waals surface area contributed by atoms with Crippen LogP contribution in [0, 0.1) is 0 Å². The van der Waals surface area contributed by atoms with Crippen LogP contribution in [-0.4, -0.2) is 23.5 Å². The first kappa shape index (κ1) is 21.1. The molecule has 13 heteroatoms. The van der Waals surface area contributed by atoms with E-state index in [1.807, 2.05) is 0 Å². The van der Waals surface area contributed by atoms with Crippen LogP contribution in [0.3, 0.4) is 0 Å². The van der Waals surface area contributed by atoms with Gasteiger partial charge in [0.1, 0.15) is 15.0 Å². The molecule has 0 saturated heterocycles. The Morgan fingerprint density at radius 2 is 1.30 bits per heavy atom. The molecule has 0 fully saturated rings. The van der Waals surface area contributed by atoms with Crippen LogP contribution >= 0.6 is 26.6 Å². The van der Waals surface area contributed by atoms with Gasteiger partial charge in [-0.05, 0) is 0 Å². The average molecular weight is 355 g/mol. The smallest absolute Gasteiger partial charge is 0.782 e. The third kappa shape index (κ3) is 4.09. The first-order valence-electron chi connectivity index (χ1n) is 4.60. The Kier molecular flexibility index (Phi) is 8.53. The van der Waals surface area contributed by atoms with Crippen molar-refractivity contribution in [2.75, 3.05) is 0 Å². The minimum Gasteiger partial charge on any atom is -0.782 e. The fourth-order valence-corrected chi connectivity index (χ4v) is 5.37. The molecule has 0 aliphatic rings. The summed E-state index contributed by atoms with van der Waals surface area (Å²) in [4.78, 5) is 28.9. The summed E-state index contributed by atoms with van der Waals surface area (Å²) in [5.41, 5.74) is 0. The summed E-state index contributed by atoms with van der Waals surface area (Å²) in [5.74, 6) is 0. The van der Waals surface area contributed by atoms with Gasteiger partial charge >= 0.3 is 59.1 Å². The normalized spacial score (nSPS) is 17.9. The van der Waals surface area contributed by atoms with Crippen molar-refractivity contribution in [1.82, 2.24) is 18.6 Å². The zero-order valence-electron chi connectivity index (χ0n) is 10.7. The molecule has 2 atom stereocenters. The second-order valence-corrected chi connectivity index (χ2v) is 8.99. The Hall–Kier alpha value is 1.09. The molecule has 0 bridgehead atoms. The molecule has 0 spiro atoms. The first-order chi connectivity index (χ1) is 8.37. The maximum absolute atomic E-state index is 11.9. The summed E-state index contributed by atoms with van der Waals surface area (Å²) in [6.45, 7) is 0. The van der Waals surface area contributed by atoms with Crippen molar-refractivity contribution in [2.45, 2.75) is 4.86 Å². The third-order valence-electron chi connectivity index (χ3n) is 2.16. The van der Waals surface area contributed by atoms with Gasteiger partial charge in [-0.2, -0.15) is 0 Å². The molecule has 0 aliphatic heterocycles. The number of hydrogen-bond acceptors (Lipinski definition) is 6. The van der Waals surface area contributed by atoms with Gasteiger partial charge in [-0.1, -0.05) is 0 Å². The van der Waals surface area contributed by atoms with E-state index in [2.05, 4.69) is 9.97 Å². The summed E-state index contributed by atoms with van der Waals surface area (Å²) in [7, 11) is -9.21. The van der Waals surface area contributed by atoms with Gasteiger partial charge in [0.15, 0.2) is 4.86 Å². The molecule has 2 heterocycles. The average Bonchev–Trinajstić information content (AvgIpc) is 3.00. The largest absolute Gasteiger partial charge is 1.00 e. The molecule has 2 aromatic rings. The summed E-state index contributed by atoms with van der Waals surface area (Å²) in [6.07, 6.45) is 6.57. The topological polar surface area (TPSA) is 116 Å². The monoisotopic (exact) mass is 354 g/mol. The van der Waals surface area contributed by atoms with Crippen LogP contribution in [0.5, 0.6) is 0 Å². The summed E-state index contributed by atoms with van der Waals surface area (Å²) in [6, 6.07) is 0. The van der Waals surface area contributed by atoms with Crippen LogP contribution in [0.2, 0.25) is 0 Å². The zero-order chi connectivity index (χ0) is 13.4. The van der Waals surface area contributed by atoms with Crippen LogP contribution in [0.4, 0.5) is 0 Å². The molecular formula is C7H7ClN4Na2O4P2. The Labute approximate surface area is 164 Å². The minimum atomic E-state index is -4.61. The molecule has 2 aromatic heterocycles. The SMILES string of the molecule is O=P([O-])(C(Cl)P(=O)([O-])n1ccnc1)n1ccnc1.[Na+].[Na+]. The van der Waals surface area contributed by atoms with Gasteiger partial charge in [-0.3, -0.25) is 8.68 Å². The predicted octanol–water partition coefficient (Wildman–Crippen LogP) is -5.89. The standard InChI is InChI=1S/C7H9ClN4O4P2.2Na/c8-7(17(13,14)11-3-1-9-5-11)18(15,16)12-4-2-10-6-12;;/h1-7H,(H,13,14)(H,15,16);;/q;2*+1/p-2. The summed E-state index contributed by atoms with van der Waals surface area (Å²) >= 11 is 5.60. The molecule has 0 N–H and O–H groups in total. The Morgan fingerprint density at radius 3 is 1.55 bits per heavy atom. The van der Waals surface area contributed by atoms with Crippen molar-refractivity contribution in [2.24, 2.45) is 0 Å². The van der Waals surface area contributed by atoms with Crippen LogP contribution < -0.4 is 68.9 Å². The van der Waals surface area contributed by atoms with E-state index < -0.39 is 19.9 Å². The molecule has 98 valence electrons. The van der Waals surface area contributed by atoms with Gasteiger partial charge in [-0.25, -0.2) is 9.97 Å². The van der Waals surface area contributed by atoms with E-state index >= 15 is 0 Å².